The van der Waals surface area contributed by atoms with Crippen LogP contribution in [0.15, 0.2) is 36.4 Å². The van der Waals surface area contributed by atoms with E-state index in [-0.39, 0.29) is 41.2 Å². The largest absolute Gasteiger partial charge is 0.324 e. The van der Waals surface area contributed by atoms with Crippen molar-refractivity contribution in [2.24, 2.45) is 23.7 Å². The predicted octanol–water partition coefficient (Wildman–Crippen LogP) is 2.51. The van der Waals surface area contributed by atoms with Gasteiger partial charge in [0.15, 0.2) is 0 Å². The van der Waals surface area contributed by atoms with Gasteiger partial charge in [0.25, 0.3) is 5.69 Å². The van der Waals surface area contributed by atoms with Crippen LogP contribution in [0.2, 0.25) is 0 Å². The topological polar surface area (TPSA) is 110 Å². The van der Waals surface area contributed by atoms with Crippen LogP contribution < -0.4 is 5.32 Å². The molecule has 1 heterocycles. The summed E-state index contributed by atoms with van der Waals surface area (Å²) in [7, 11) is 0. The molecule has 4 aliphatic rings. The molecule has 1 N–H and O–H groups in total. The molecule has 0 spiro atoms. The summed E-state index contributed by atoms with van der Waals surface area (Å²) in [5, 5.41) is 13.4. The summed E-state index contributed by atoms with van der Waals surface area (Å²) in [5.41, 5.74) is 0.300. The third-order valence-corrected chi connectivity index (χ3v) is 6.14. The summed E-state index contributed by atoms with van der Waals surface area (Å²) in [6.07, 6.45) is 6.20. The average Bonchev–Trinajstić information content (AvgIpc) is 2.97. The van der Waals surface area contributed by atoms with Crippen LogP contribution >= 0.6 is 0 Å². The molecular formula is C20H21N3O5. The van der Waals surface area contributed by atoms with E-state index < -0.39 is 16.9 Å². The van der Waals surface area contributed by atoms with Crippen LogP contribution in [0.4, 0.5) is 11.4 Å². The number of carbonyl (C=O) groups excluding carboxylic acids is 3. The van der Waals surface area contributed by atoms with Crippen molar-refractivity contribution < 1.29 is 19.3 Å². The lowest BCUT2D eigenvalue weighted by Gasteiger charge is -2.38. The molecule has 0 radical (unpaired) electrons. The molecule has 8 heteroatoms. The van der Waals surface area contributed by atoms with Crippen molar-refractivity contribution >= 4 is 29.1 Å². The van der Waals surface area contributed by atoms with Crippen molar-refractivity contribution in [3.8, 4) is 0 Å². The Labute approximate surface area is 161 Å². The molecule has 2 bridgehead atoms. The highest BCUT2D eigenvalue weighted by Gasteiger charge is 2.58. The molecule has 8 nitrogen and oxygen atoms in total. The Balaban J connectivity index is 1.53. The number of rotatable bonds is 5. The number of amides is 3. The molecule has 1 aromatic carbocycles. The zero-order chi connectivity index (χ0) is 20.0. The van der Waals surface area contributed by atoms with Crippen molar-refractivity contribution in [2.45, 2.75) is 32.2 Å². The highest BCUT2D eigenvalue weighted by Crippen LogP contribution is 2.50. The average molecular weight is 383 g/mol. The van der Waals surface area contributed by atoms with Crippen LogP contribution in [0.3, 0.4) is 0 Å². The predicted molar refractivity (Wildman–Crippen MR) is 100.0 cm³/mol. The summed E-state index contributed by atoms with van der Waals surface area (Å²) in [6.45, 7) is 1.76. The fourth-order valence-corrected chi connectivity index (χ4v) is 4.78. The smallest absolute Gasteiger partial charge is 0.269 e. The first-order valence-corrected chi connectivity index (χ1v) is 9.53. The number of hydrogen-bond acceptors (Lipinski definition) is 5. The molecule has 1 saturated heterocycles. The van der Waals surface area contributed by atoms with E-state index in [4.69, 9.17) is 0 Å². The summed E-state index contributed by atoms with van der Waals surface area (Å²) in [5.74, 6) is -1.51. The van der Waals surface area contributed by atoms with Gasteiger partial charge in [-0.25, -0.2) is 0 Å². The van der Waals surface area contributed by atoms with E-state index in [1.807, 2.05) is 12.2 Å². The normalized spacial score (nSPS) is 29.0. The second-order valence-electron chi connectivity index (χ2n) is 7.61. The van der Waals surface area contributed by atoms with E-state index >= 15 is 0 Å². The fraction of sp³-hybridized carbons (Fsp3) is 0.450. The molecule has 3 amide bonds. The number of nitrogens with one attached hydrogen (secondary N) is 1. The molecule has 1 aliphatic heterocycles. The lowest BCUT2D eigenvalue weighted by atomic mass is 9.63. The monoisotopic (exact) mass is 383 g/mol. The Kier molecular flexibility index (Phi) is 4.49. The molecule has 2 fully saturated rings. The van der Waals surface area contributed by atoms with Crippen molar-refractivity contribution in [3.05, 3.63) is 46.5 Å². The van der Waals surface area contributed by atoms with Crippen molar-refractivity contribution in [1.82, 2.24) is 4.90 Å². The lowest BCUT2D eigenvalue weighted by molar-refractivity contribution is -0.384. The van der Waals surface area contributed by atoms with Crippen molar-refractivity contribution in [1.29, 1.82) is 0 Å². The van der Waals surface area contributed by atoms with Gasteiger partial charge in [-0.05, 0) is 43.2 Å². The first kappa shape index (κ1) is 18.3. The SMILES string of the molecule is CCC(C(=O)Nc1ccc([N+](=O)[O-])cc1)N1C(=O)C2C3C=CC(CC3)C2C1=O. The van der Waals surface area contributed by atoms with Crippen LogP contribution in [0.5, 0.6) is 0 Å². The number of nitrogens with zero attached hydrogens (tertiary/aromatic N) is 2. The third kappa shape index (κ3) is 2.80. The number of fused-ring (bicyclic) bond motifs is 1. The van der Waals surface area contributed by atoms with Gasteiger partial charge in [0.2, 0.25) is 17.7 Å². The Morgan fingerprint density at radius 3 is 2.11 bits per heavy atom. The highest BCUT2D eigenvalue weighted by molar-refractivity contribution is 6.10. The summed E-state index contributed by atoms with van der Waals surface area (Å²) >= 11 is 0. The maximum absolute atomic E-state index is 13.0. The lowest BCUT2D eigenvalue weighted by Crippen LogP contribution is -2.47. The summed E-state index contributed by atoms with van der Waals surface area (Å²) in [6, 6.07) is 4.56. The molecule has 0 aromatic heterocycles. The second-order valence-corrected chi connectivity index (χ2v) is 7.61. The van der Waals surface area contributed by atoms with Gasteiger partial charge in [0.05, 0.1) is 16.8 Å². The van der Waals surface area contributed by atoms with Crippen LogP contribution in [-0.2, 0) is 14.4 Å². The van der Waals surface area contributed by atoms with Crippen molar-refractivity contribution in [3.63, 3.8) is 0 Å². The van der Waals surface area contributed by atoms with Gasteiger partial charge in [-0.1, -0.05) is 19.1 Å². The number of hydrogen-bond donors (Lipinski definition) is 1. The van der Waals surface area contributed by atoms with Crippen LogP contribution in [-0.4, -0.2) is 33.6 Å². The van der Waals surface area contributed by atoms with Gasteiger partial charge < -0.3 is 5.32 Å². The number of nitro benzene ring substituents is 1. The van der Waals surface area contributed by atoms with Crippen LogP contribution in [0.25, 0.3) is 0 Å². The Morgan fingerprint density at radius 2 is 1.68 bits per heavy atom. The zero-order valence-electron chi connectivity index (χ0n) is 15.4. The quantitative estimate of drug-likeness (QED) is 0.364. The molecule has 28 heavy (non-hydrogen) atoms. The molecule has 1 saturated carbocycles. The minimum atomic E-state index is -0.889. The minimum Gasteiger partial charge on any atom is -0.324 e. The number of anilines is 1. The summed E-state index contributed by atoms with van der Waals surface area (Å²) < 4.78 is 0. The van der Waals surface area contributed by atoms with Gasteiger partial charge in [-0.3, -0.25) is 29.4 Å². The number of imide groups is 1. The van der Waals surface area contributed by atoms with Crippen molar-refractivity contribution in [2.75, 3.05) is 5.32 Å². The number of allylic oxidation sites excluding steroid dienone is 2. The zero-order valence-corrected chi connectivity index (χ0v) is 15.4. The molecule has 5 atom stereocenters. The Bertz CT molecular complexity index is 846. The van der Waals surface area contributed by atoms with Gasteiger partial charge in [-0.15, -0.1) is 0 Å². The fourth-order valence-electron chi connectivity index (χ4n) is 4.78. The number of nitro groups is 1. The van der Waals surface area contributed by atoms with Crippen LogP contribution in [0, 0.1) is 33.8 Å². The molecular weight excluding hydrogens is 362 g/mol. The van der Waals surface area contributed by atoms with Gasteiger partial charge in [0, 0.05) is 17.8 Å². The van der Waals surface area contributed by atoms with E-state index in [9.17, 15) is 24.5 Å². The number of non-ortho nitro benzene ring substituents is 1. The Hall–Kier alpha value is -3.03. The minimum absolute atomic E-state index is 0.0756. The molecule has 5 rings (SSSR count). The van der Waals surface area contributed by atoms with Gasteiger partial charge in [0.1, 0.15) is 6.04 Å². The first-order valence-electron chi connectivity index (χ1n) is 9.53. The number of carbonyl (C=O) groups is 3. The van der Waals surface area contributed by atoms with E-state index in [2.05, 4.69) is 5.32 Å². The number of likely N-dealkylation sites (tertiary alicyclic amines) is 1. The molecule has 3 aliphatic carbocycles. The van der Waals surface area contributed by atoms with E-state index in [0.29, 0.717) is 12.1 Å². The maximum atomic E-state index is 13.0. The Morgan fingerprint density at radius 1 is 1.14 bits per heavy atom. The molecule has 5 unspecified atom stereocenters. The highest BCUT2D eigenvalue weighted by atomic mass is 16.6. The summed E-state index contributed by atoms with van der Waals surface area (Å²) in [4.78, 5) is 50.3. The third-order valence-electron chi connectivity index (χ3n) is 6.14. The van der Waals surface area contributed by atoms with E-state index in [1.165, 1.54) is 24.3 Å². The van der Waals surface area contributed by atoms with Gasteiger partial charge in [-0.2, -0.15) is 0 Å². The molecule has 1 aromatic rings. The van der Waals surface area contributed by atoms with E-state index in [0.717, 1.165) is 17.7 Å². The van der Waals surface area contributed by atoms with Crippen LogP contribution in [0.1, 0.15) is 26.2 Å². The number of benzene rings is 1. The van der Waals surface area contributed by atoms with Gasteiger partial charge >= 0.3 is 0 Å². The second kappa shape index (κ2) is 6.85. The first-order chi connectivity index (χ1) is 13.4. The molecule has 146 valence electrons. The van der Waals surface area contributed by atoms with E-state index in [1.54, 1.807) is 6.92 Å². The maximum Gasteiger partial charge on any atom is 0.269 e. The standard InChI is InChI=1S/C20H21N3O5/c1-2-15(18(24)21-13-7-9-14(10-8-13)23(27)28)22-19(25)16-11-3-4-12(6-5-11)17(16)20(22)26/h3-4,7-12,15-17H,2,5-6H2,1H3,(H,21,24).